The molecule has 0 saturated carbocycles. The second kappa shape index (κ2) is 38.3. The number of nitrogens with zero attached hydrogens (tertiary/aromatic N) is 8. The second-order valence-corrected chi connectivity index (χ2v) is 14.3. The standard InChI is InChI=1S/C9H12.2C8H11N.3C7H10N2.5CH4/c1-8(2)9-6-4-3-5-7-9;1-7(2)8-3-5-9-6-4-8;1-7(2)8-5-3-4-6-9-8;1-6(2)7-5-8-3-4-9-7;1-6(2)7-8-4-3-5-9-7;1-6(2)7-4-3-5-8-9-7;;;;;/h3-8H,1-2H3;2*3-7H,1-2H3;3*3-6H,1-2H3;5*1H4. The van der Waals surface area contributed by atoms with E-state index in [2.05, 4.69) is 147 Å². The van der Waals surface area contributed by atoms with E-state index in [0.717, 1.165) is 22.9 Å². The van der Waals surface area contributed by atoms with Crippen molar-refractivity contribution in [2.24, 2.45) is 0 Å². The van der Waals surface area contributed by atoms with Gasteiger partial charge in [0.25, 0.3) is 0 Å². The van der Waals surface area contributed by atoms with Gasteiger partial charge in [-0.05, 0) is 83.2 Å². The Kier molecular flexibility index (Phi) is 40.8. The summed E-state index contributed by atoms with van der Waals surface area (Å²) >= 11 is 0. The molecule has 0 unspecified atom stereocenters. The van der Waals surface area contributed by atoms with E-state index in [1.807, 2.05) is 73.2 Å². The quantitative estimate of drug-likeness (QED) is 0.164. The summed E-state index contributed by atoms with van der Waals surface area (Å²) in [6.07, 6.45) is 15.9. The Morgan fingerprint density at radius 2 is 0.797 bits per heavy atom. The first-order valence-corrected chi connectivity index (χ1v) is 19.0. The topological polar surface area (TPSA) is 103 Å². The molecule has 6 rings (SSSR count). The van der Waals surface area contributed by atoms with E-state index in [9.17, 15) is 0 Å². The minimum atomic E-state index is 0. The van der Waals surface area contributed by atoms with Gasteiger partial charge in [-0.1, -0.05) is 157 Å². The lowest BCUT2D eigenvalue weighted by molar-refractivity contribution is 0.774. The van der Waals surface area contributed by atoms with Gasteiger partial charge in [-0.2, -0.15) is 10.2 Å². The molecule has 0 aliphatic carbocycles. The smallest absolute Gasteiger partial charge is 0.130 e. The van der Waals surface area contributed by atoms with E-state index < -0.39 is 0 Å². The van der Waals surface area contributed by atoms with Gasteiger partial charge in [-0.15, -0.1) is 0 Å². The number of hydrogen-bond acceptors (Lipinski definition) is 8. The third-order valence-corrected chi connectivity index (χ3v) is 7.58. The minimum absolute atomic E-state index is 0. The molecule has 8 heteroatoms. The van der Waals surface area contributed by atoms with Crippen LogP contribution in [0.25, 0.3) is 0 Å². The van der Waals surface area contributed by atoms with E-state index >= 15 is 0 Å². The Labute approximate surface area is 363 Å². The predicted octanol–water partition coefficient (Wildman–Crippen LogP) is 15.2. The highest BCUT2D eigenvalue weighted by Crippen LogP contribution is 2.13. The van der Waals surface area contributed by atoms with Crippen LogP contribution in [-0.2, 0) is 0 Å². The summed E-state index contributed by atoms with van der Waals surface area (Å²) in [6.45, 7) is 25.6. The van der Waals surface area contributed by atoms with Gasteiger partial charge in [0, 0.05) is 67.4 Å². The maximum Gasteiger partial charge on any atom is 0.130 e. The van der Waals surface area contributed by atoms with Crippen molar-refractivity contribution in [1.82, 2.24) is 40.1 Å². The molecule has 1 aromatic carbocycles. The van der Waals surface area contributed by atoms with E-state index in [4.69, 9.17) is 0 Å². The summed E-state index contributed by atoms with van der Waals surface area (Å²) < 4.78 is 0. The SMILES string of the molecule is C.C.C.C.C.CC(C)c1ccccc1.CC(C)c1ccccn1.CC(C)c1cccnn1.CC(C)c1ccncc1.CC(C)c1cnccn1.CC(C)c1ncccn1. The fourth-order valence-electron chi connectivity index (χ4n) is 4.14. The van der Waals surface area contributed by atoms with Crippen LogP contribution in [-0.4, -0.2) is 40.1 Å². The Balaban J connectivity index is -0.000000194. The highest BCUT2D eigenvalue weighted by molar-refractivity contribution is 5.17. The number of rotatable bonds is 6. The third kappa shape index (κ3) is 30.5. The number of hydrogen-bond donors (Lipinski definition) is 0. The van der Waals surface area contributed by atoms with Crippen molar-refractivity contribution in [3.05, 3.63) is 169 Å². The third-order valence-electron chi connectivity index (χ3n) is 7.58. The van der Waals surface area contributed by atoms with Gasteiger partial charge < -0.3 is 0 Å². The van der Waals surface area contributed by atoms with Crippen LogP contribution in [0.15, 0.2) is 135 Å². The molecule has 0 atom stereocenters. The summed E-state index contributed by atoms with van der Waals surface area (Å²) in [5, 5.41) is 7.68. The van der Waals surface area contributed by atoms with Crippen LogP contribution in [0.3, 0.4) is 0 Å². The molecular formula is C51H84N8. The van der Waals surface area contributed by atoms with Gasteiger partial charge in [0.1, 0.15) is 5.82 Å². The molecule has 328 valence electrons. The first-order chi connectivity index (χ1) is 25.8. The summed E-state index contributed by atoms with van der Waals surface area (Å²) in [5.41, 5.74) is 6.04. The van der Waals surface area contributed by atoms with Crippen molar-refractivity contribution in [1.29, 1.82) is 0 Å². The maximum absolute atomic E-state index is 4.18. The van der Waals surface area contributed by atoms with E-state index in [0.29, 0.717) is 35.5 Å². The Morgan fingerprint density at radius 1 is 0.322 bits per heavy atom. The number of benzene rings is 1. The van der Waals surface area contributed by atoms with Crippen molar-refractivity contribution in [3.63, 3.8) is 0 Å². The average Bonchev–Trinajstić information content (AvgIpc) is 3.21. The lowest BCUT2D eigenvalue weighted by atomic mass is 10.0. The maximum atomic E-state index is 4.18. The molecule has 59 heavy (non-hydrogen) atoms. The van der Waals surface area contributed by atoms with Crippen LogP contribution in [0, 0.1) is 0 Å². The molecule has 0 bridgehead atoms. The summed E-state index contributed by atoms with van der Waals surface area (Å²) in [5.74, 6) is 4.14. The molecule has 0 amide bonds. The van der Waals surface area contributed by atoms with Gasteiger partial charge in [0.2, 0.25) is 0 Å². The average molecular weight is 809 g/mol. The molecular weight excluding hydrogens is 725 g/mol. The molecule has 0 radical (unpaired) electrons. The fraction of sp³-hybridized carbons (Fsp3) is 0.451. The molecule has 0 fully saturated rings. The second-order valence-electron chi connectivity index (χ2n) is 14.3. The number of aromatic nitrogens is 8. The van der Waals surface area contributed by atoms with Crippen molar-refractivity contribution in [2.45, 2.75) is 156 Å². The number of pyridine rings is 2. The molecule has 5 aromatic heterocycles. The van der Waals surface area contributed by atoms with E-state index in [-0.39, 0.29) is 37.1 Å². The normalized spacial score (nSPS) is 9.25. The monoisotopic (exact) mass is 809 g/mol. The molecule has 0 aliphatic rings. The van der Waals surface area contributed by atoms with Crippen molar-refractivity contribution >= 4 is 0 Å². The van der Waals surface area contributed by atoms with Crippen LogP contribution in [0.5, 0.6) is 0 Å². The first-order valence-electron chi connectivity index (χ1n) is 19.0. The van der Waals surface area contributed by atoms with Crippen molar-refractivity contribution in [2.75, 3.05) is 0 Å². The van der Waals surface area contributed by atoms with Gasteiger partial charge in [-0.25, -0.2) is 9.97 Å². The molecule has 0 saturated heterocycles. The zero-order chi connectivity index (χ0) is 40.1. The van der Waals surface area contributed by atoms with Crippen molar-refractivity contribution < 1.29 is 0 Å². The van der Waals surface area contributed by atoms with Gasteiger partial charge in [0.05, 0.1) is 11.4 Å². The molecule has 0 spiro atoms. The molecule has 8 nitrogen and oxygen atoms in total. The first kappa shape index (κ1) is 62.9. The van der Waals surface area contributed by atoms with E-state index in [1.54, 1.807) is 37.2 Å². The molecule has 0 N–H and O–H groups in total. The predicted molar refractivity (Wildman–Crippen MR) is 259 cm³/mol. The zero-order valence-corrected chi connectivity index (χ0v) is 34.7. The lowest BCUT2D eigenvalue weighted by Crippen LogP contribution is -1.93. The Morgan fingerprint density at radius 3 is 1.10 bits per heavy atom. The zero-order valence-electron chi connectivity index (χ0n) is 34.7. The largest absolute Gasteiger partial charge is 0.265 e. The highest BCUT2D eigenvalue weighted by atomic mass is 15.1. The minimum Gasteiger partial charge on any atom is -0.265 e. The van der Waals surface area contributed by atoms with Crippen molar-refractivity contribution in [3.8, 4) is 0 Å². The van der Waals surface area contributed by atoms with Crippen LogP contribution in [0.4, 0.5) is 0 Å². The molecule has 5 heterocycles. The van der Waals surface area contributed by atoms with Crippen LogP contribution < -0.4 is 0 Å². The lowest BCUT2D eigenvalue weighted by Gasteiger charge is -2.01. The Hall–Kier alpha value is -5.24. The van der Waals surface area contributed by atoms with Gasteiger partial charge in [-0.3, -0.25) is 19.9 Å². The summed E-state index contributed by atoms with van der Waals surface area (Å²) in [6, 6.07) is 26.3. The van der Waals surface area contributed by atoms with Crippen LogP contribution in [0.2, 0.25) is 0 Å². The van der Waals surface area contributed by atoms with Crippen LogP contribution >= 0.6 is 0 Å². The summed E-state index contributed by atoms with van der Waals surface area (Å²) in [4.78, 5) is 24.3. The molecule has 0 aliphatic heterocycles. The fourth-order valence-corrected chi connectivity index (χ4v) is 4.14. The van der Waals surface area contributed by atoms with E-state index in [1.165, 1.54) is 11.1 Å². The molecule has 6 aromatic rings. The Bertz CT molecular complexity index is 1350. The highest BCUT2D eigenvalue weighted by Gasteiger charge is 1.99. The van der Waals surface area contributed by atoms with Gasteiger partial charge in [0.15, 0.2) is 0 Å². The summed E-state index contributed by atoms with van der Waals surface area (Å²) in [7, 11) is 0. The van der Waals surface area contributed by atoms with Crippen LogP contribution in [0.1, 0.15) is 190 Å². The van der Waals surface area contributed by atoms with Gasteiger partial charge >= 0.3 is 0 Å².